The van der Waals surface area contributed by atoms with Crippen LogP contribution in [0.15, 0.2) is 24.7 Å². The first-order valence-electron chi connectivity index (χ1n) is 3.68. The molecule has 2 aromatic heterocycles. The van der Waals surface area contributed by atoms with Crippen molar-refractivity contribution in [2.24, 2.45) is 0 Å². The summed E-state index contributed by atoms with van der Waals surface area (Å²) in [5, 5.41) is 0. The van der Waals surface area contributed by atoms with Crippen molar-refractivity contribution in [1.29, 1.82) is 0 Å². The highest BCUT2D eigenvalue weighted by molar-refractivity contribution is 5.59. The zero-order chi connectivity index (χ0) is 9.26. The van der Waals surface area contributed by atoms with Gasteiger partial charge < -0.3 is 10.7 Å². The Morgan fingerprint density at radius 1 is 1.38 bits per heavy atom. The summed E-state index contributed by atoms with van der Waals surface area (Å²) in [7, 11) is 0. The van der Waals surface area contributed by atoms with E-state index in [4.69, 9.17) is 5.73 Å². The van der Waals surface area contributed by atoms with Crippen LogP contribution in [-0.4, -0.2) is 15.0 Å². The van der Waals surface area contributed by atoms with Crippen LogP contribution in [0.4, 0.5) is 10.3 Å². The average molecular weight is 178 g/mol. The summed E-state index contributed by atoms with van der Waals surface area (Å²) < 4.78 is 13.1. The lowest BCUT2D eigenvalue weighted by Crippen LogP contribution is -1.87. The van der Waals surface area contributed by atoms with E-state index in [1.54, 1.807) is 6.07 Å². The molecule has 13 heavy (non-hydrogen) atoms. The Morgan fingerprint density at radius 2 is 2.23 bits per heavy atom. The number of nitrogens with two attached hydrogens (primary N) is 1. The summed E-state index contributed by atoms with van der Waals surface area (Å²) in [6, 6.07) is 1.56. The highest BCUT2D eigenvalue weighted by atomic mass is 19.1. The molecule has 5 heteroatoms. The van der Waals surface area contributed by atoms with Gasteiger partial charge in [0.2, 0.25) is 0 Å². The Bertz CT molecular complexity index is 424. The van der Waals surface area contributed by atoms with Crippen molar-refractivity contribution in [2.75, 3.05) is 5.73 Å². The van der Waals surface area contributed by atoms with E-state index >= 15 is 0 Å². The quantitative estimate of drug-likeness (QED) is 0.689. The minimum Gasteiger partial charge on any atom is -0.369 e. The van der Waals surface area contributed by atoms with Crippen LogP contribution in [0.5, 0.6) is 0 Å². The highest BCUT2D eigenvalue weighted by Gasteiger charge is 2.05. The van der Waals surface area contributed by atoms with Crippen molar-refractivity contribution >= 4 is 5.95 Å². The number of anilines is 1. The van der Waals surface area contributed by atoms with Gasteiger partial charge in [-0.25, -0.2) is 9.37 Å². The van der Waals surface area contributed by atoms with Crippen molar-refractivity contribution in [1.82, 2.24) is 15.0 Å². The average Bonchev–Trinajstić information content (AvgIpc) is 2.53. The first-order chi connectivity index (χ1) is 6.27. The monoisotopic (exact) mass is 178 g/mol. The number of nitrogens with zero attached hydrogens (tertiary/aromatic N) is 2. The molecule has 0 aliphatic heterocycles. The van der Waals surface area contributed by atoms with Crippen molar-refractivity contribution in [2.45, 2.75) is 0 Å². The maximum atomic E-state index is 13.1. The molecule has 2 aromatic rings. The SMILES string of the molecule is Nc1ncc(-c2ccncc2F)[nH]1. The largest absolute Gasteiger partial charge is 0.369 e. The number of nitrogens with one attached hydrogen (secondary N) is 1. The van der Waals surface area contributed by atoms with Crippen LogP contribution in [0.2, 0.25) is 0 Å². The smallest absolute Gasteiger partial charge is 0.197 e. The van der Waals surface area contributed by atoms with Crippen LogP contribution in [0.1, 0.15) is 0 Å². The summed E-state index contributed by atoms with van der Waals surface area (Å²) >= 11 is 0. The molecule has 66 valence electrons. The van der Waals surface area contributed by atoms with Crippen molar-refractivity contribution < 1.29 is 4.39 Å². The number of imidazole rings is 1. The second kappa shape index (κ2) is 2.85. The fourth-order valence-electron chi connectivity index (χ4n) is 1.07. The van der Waals surface area contributed by atoms with Gasteiger partial charge in [-0.3, -0.25) is 4.98 Å². The molecule has 4 nitrogen and oxygen atoms in total. The van der Waals surface area contributed by atoms with Gasteiger partial charge in [-0.15, -0.1) is 0 Å². The summed E-state index contributed by atoms with van der Waals surface area (Å²) in [5.41, 5.74) is 6.33. The molecule has 3 N–H and O–H groups in total. The molecule has 2 rings (SSSR count). The van der Waals surface area contributed by atoms with E-state index < -0.39 is 5.82 Å². The van der Waals surface area contributed by atoms with Gasteiger partial charge in [0, 0.05) is 11.8 Å². The third-order valence-electron chi connectivity index (χ3n) is 1.66. The maximum absolute atomic E-state index is 13.1. The summed E-state index contributed by atoms with van der Waals surface area (Å²) in [4.78, 5) is 10.1. The Kier molecular flexibility index (Phi) is 1.70. The molecular weight excluding hydrogens is 171 g/mol. The molecule has 0 amide bonds. The van der Waals surface area contributed by atoms with E-state index in [-0.39, 0.29) is 5.95 Å². The molecular formula is C8H7FN4. The van der Waals surface area contributed by atoms with Gasteiger partial charge in [-0.05, 0) is 6.07 Å². The first-order valence-corrected chi connectivity index (χ1v) is 3.68. The number of H-pyrrole nitrogens is 1. The van der Waals surface area contributed by atoms with E-state index in [1.807, 2.05) is 0 Å². The van der Waals surface area contributed by atoms with Crippen LogP contribution in [-0.2, 0) is 0 Å². The third kappa shape index (κ3) is 1.35. The predicted octanol–water partition coefficient (Wildman–Crippen LogP) is 1.19. The minimum absolute atomic E-state index is 0.270. The van der Waals surface area contributed by atoms with E-state index in [0.29, 0.717) is 11.3 Å². The molecule has 0 fully saturated rings. The lowest BCUT2D eigenvalue weighted by atomic mass is 10.2. The molecule has 0 saturated carbocycles. The number of halogens is 1. The fourth-order valence-corrected chi connectivity index (χ4v) is 1.07. The van der Waals surface area contributed by atoms with E-state index in [9.17, 15) is 4.39 Å². The summed E-state index contributed by atoms with van der Waals surface area (Å²) in [6.07, 6.45) is 4.13. The topological polar surface area (TPSA) is 67.6 Å². The number of nitrogen functional groups attached to an aromatic ring is 1. The standard InChI is InChI=1S/C8H7FN4/c9-6-3-11-2-1-5(6)7-4-12-8(10)13-7/h1-4H,(H3,10,12,13). The van der Waals surface area contributed by atoms with E-state index in [1.165, 1.54) is 12.4 Å². The Hall–Kier alpha value is -1.91. The van der Waals surface area contributed by atoms with Crippen molar-refractivity contribution in [3.05, 3.63) is 30.5 Å². The van der Waals surface area contributed by atoms with Crippen molar-refractivity contribution in [3.8, 4) is 11.3 Å². The molecule has 0 spiro atoms. The molecule has 0 bridgehead atoms. The van der Waals surface area contributed by atoms with Gasteiger partial charge in [0.15, 0.2) is 11.8 Å². The number of rotatable bonds is 1. The first kappa shape index (κ1) is 7.72. The minimum atomic E-state index is -0.397. The molecule has 2 heterocycles. The maximum Gasteiger partial charge on any atom is 0.197 e. The lowest BCUT2D eigenvalue weighted by Gasteiger charge is -1.96. The second-order valence-electron chi connectivity index (χ2n) is 2.54. The number of aromatic amines is 1. The van der Waals surface area contributed by atoms with Crippen LogP contribution >= 0.6 is 0 Å². The molecule has 0 radical (unpaired) electrons. The van der Waals surface area contributed by atoms with Crippen LogP contribution < -0.4 is 5.73 Å². The molecule has 0 aliphatic rings. The Labute approximate surface area is 73.6 Å². The van der Waals surface area contributed by atoms with E-state index in [0.717, 1.165) is 6.20 Å². The van der Waals surface area contributed by atoms with Gasteiger partial charge in [0.1, 0.15) is 0 Å². The van der Waals surface area contributed by atoms with Gasteiger partial charge >= 0.3 is 0 Å². The molecule has 0 atom stereocenters. The molecule has 0 aliphatic carbocycles. The van der Waals surface area contributed by atoms with E-state index in [2.05, 4.69) is 15.0 Å². The Balaban J connectivity index is 2.52. The number of hydrogen-bond acceptors (Lipinski definition) is 3. The normalized spacial score (nSPS) is 10.2. The fraction of sp³-hybridized carbons (Fsp3) is 0. The van der Waals surface area contributed by atoms with Gasteiger partial charge in [0.05, 0.1) is 18.1 Å². The second-order valence-corrected chi connectivity index (χ2v) is 2.54. The van der Waals surface area contributed by atoms with Gasteiger partial charge in [-0.1, -0.05) is 0 Å². The molecule has 0 aromatic carbocycles. The van der Waals surface area contributed by atoms with Gasteiger partial charge in [-0.2, -0.15) is 0 Å². The van der Waals surface area contributed by atoms with Crippen LogP contribution in [0.25, 0.3) is 11.3 Å². The number of aromatic nitrogens is 3. The zero-order valence-corrected chi connectivity index (χ0v) is 6.66. The van der Waals surface area contributed by atoms with Crippen LogP contribution in [0, 0.1) is 5.82 Å². The van der Waals surface area contributed by atoms with Crippen molar-refractivity contribution in [3.63, 3.8) is 0 Å². The molecule has 0 saturated heterocycles. The zero-order valence-electron chi connectivity index (χ0n) is 6.66. The highest BCUT2D eigenvalue weighted by Crippen LogP contribution is 2.19. The van der Waals surface area contributed by atoms with Gasteiger partial charge in [0.25, 0.3) is 0 Å². The number of hydrogen-bond donors (Lipinski definition) is 2. The molecule has 0 unspecified atom stereocenters. The predicted molar refractivity (Wildman–Crippen MR) is 46.2 cm³/mol. The summed E-state index contributed by atoms with van der Waals surface area (Å²) in [5.74, 6) is -0.127. The number of pyridine rings is 1. The summed E-state index contributed by atoms with van der Waals surface area (Å²) in [6.45, 7) is 0. The third-order valence-corrected chi connectivity index (χ3v) is 1.66. The lowest BCUT2D eigenvalue weighted by molar-refractivity contribution is 0.624. The van der Waals surface area contributed by atoms with Crippen LogP contribution in [0.3, 0.4) is 0 Å². The Morgan fingerprint density at radius 3 is 2.85 bits per heavy atom.